The molecule has 0 spiro atoms. The Morgan fingerprint density at radius 1 is 1.44 bits per heavy atom. The van der Waals surface area contributed by atoms with E-state index in [2.05, 4.69) is 3.83 Å². The number of rotatable bonds is 3. The normalized spacial score (nSPS) is 14.8. The van der Waals surface area contributed by atoms with Crippen molar-refractivity contribution in [1.82, 2.24) is 0 Å². The van der Waals surface area contributed by atoms with Gasteiger partial charge in [-0.1, -0.05) is 0 Å². The third-order valence-electron chi connectivity index (χ3n) is 2.94. The SMILES string of the molecule is C/C=C/[C]1=C(C(N)=O)C=[CH][In]1[c]1cccc(O)c1. The van der Waals surface area contributed by atoms with E-state index in [0.717, 1.165) is 6.65 Å². The zero-order valence-corrected chi connectivity index (χ0v) is 13.4. The van der Waals surface area contributed by atoms with E-state index in [4.69, 9.17) is 5.73 Å². The van der Waals surface area contributed by atoms with Gasteiger partial charge in [-0.25, -0.2) is 0 Å². The molecule has 1 amide bonds. The number of hydrogen-bond acceptors (Lipinski definition) is 2. The summed E-state index contributed by atoms with van der Waals surface area (Å²) in [5.74, 6) is -0.108. The Morgan fingerprint density at radius 3 is 2.83 bits per heavy atom. The number of phenols is 1. The monoisotopic (exact) mass is 343 g/mol. The molecule has 90 valence electrons. The topological polar surface area (TPSA) is 63.3 Å². The summed E-state index contributed by atoms with van der Waals surface area (Å²) in [6.45, 7) is 1.93. The van der Waals surface area contributed by atoms with Gasteiger partial charge in [0.25, 0.3) is 0 Å². The molecule has 18 heavy (non-hydrogen) atoms. The first-order valence-electron chi connectivity index (χ1n) is 5.77. The summed E-state index contributed by atoms with van der Waals surface area (Å²) in [6, 6.07) is 7.30. The second-order valence-corrected chi connectivity index (χ2v) is 11.7. The van der Waals surface area contributed by atoms with Crippen LogP contribution in [0, 0.1) is 0 Å². The average molecular weight is 343 g/mol. The van der Waals surface area contributed by atoms with Crippen molar-refractivity contribution in [3.8, 4) is 5.75 Å². The first kappa shape index (κ1) is 13.0. The van der Waals surface area contributed by atoms with Crippen molar-refractivity contribution in [2.45, 2.75) is 6.92 Å². The van der Waals surface area contributed by atoms with Crippen LogP contribution < -0.4 is 9.05 Å². The van der Waals surface area contributed by atoms with Crippen LogP contribution in [-0.2, 0) is 4.79 Å². The minimum atomic E-state index is -2.35. The van der Waals surface area contributed by atoms with Crippen LogP contribution in [0.4, 0.5) is 0 Å². The van der Waals surface area contributed by atoms with E-state index in [1.165, 1.54) is 0 Å². The number of allylic oxidation sites excluding steroid dienone is 3. The predicted molar refractivity (Wildman–Crippen MR) is 73.7 cm³/mol. The van der Waals surface area contributed by atoms with Crippen LogP contribution in [0.1, 0.15) is 6.92 Å². The predicted octanol–water partition coefficient (Wildman–Crippen LogP) is 1.10. The van der Waals surface area contributed by atoms with Crippen LogP contribution >= 0.6 is 0 Å². The van der Waals surface area contributed by atoms with Crippen LogP contribution in [0.3, 0.4) is 0 Å². The Hall–Kier alpha value is -1.42. The van der Waals surface area contributed by atoms with Crippen molar-refractivity contribution in [3.05, 3.63) is 55.2 Å². The van der Waals surface area contributed by atoms with E-state index in [-0.39, 0.29) is 11.7 Å². The van der Waals surface area contributed by atoms with Gasteiger partial charge in [-0.2, -0.15) is 0 Å². The Morgan fingerprint density at radius 2 is 2.22 bits per heavy atom. The molecule has 1 aromatic carbocycles. The second-order valence-electron chi connectivity index (χ2n) is 4.17. The molecule has 0 aliphatic carbocycles. The summed E-state index contributed by atoms with van der Waals surface area (Å²) in [4.78, 5) is 11.4. The van der Waals surface area contributed by atoms with Gasteiger partial charge >= 0.3 is 114 Å². The van der Waals surface area contributed by atoms with Crippen molar-refractivity contribution in [3.63, 3.8) is 0 Å². The fraction of sp³-hybridized carbons (Fsp3) is 0.0714. The molecule has 3 nitrogen and oxygen atoms in total. The number of phenolic OH excluding ortho intramolecular Hbond substituents is 1. The average Bonchev–Trinajstić information content (AvgIpc) is 2.73. The summed E-state index contributed by atoms with van der Waals surface area (Å²) in [6.07, 6.45) is 5.74. The van der Waals surface area contributed by atoms with Gasteiger partial charge in [0, 0.05) is 0 Å². The van der Waals surface area contributed by atoms with Gasteiger partial charge in [0.15, 0.2) is 0 Å². The first-order valence-corrected chi connectivity index (χ1v) is 11.0. The third kappa shape index (κ3) is 2.53. The molecule has 0 aromatic heterocycles. The van der Waals surface area contributed by atoms with Crippen LogP contribution in [0.25, 0.3) is 0 Å². The molecular formula is C14H14InNO2. The van der Waals surface area contributed by atoms with Crippen molar-refractivity contribution in [2.24, 2.45) is 5.73 Å². The van der Waals surface area contributed by atoms with Gasteiger partial charge in [0.2, 0.25) is 0 Å². The van der Waals surface area contributed by atoms with Crippen molar-refractivity contribution in [1.29, 1.82) is 0 Å². The number of hydrogen-bond donors (Lipinski definition) is 2. The molecule has 1 heterocycles. The third-order valence-corrected chi connectivity index (χ3v) is 11.0. The number of benzene rings is 1. The van der Waals surface area contributed by atoms with Gasteiger partial charge in [0.05, 0.1) is 0 Å². The van der Waals surface area contributed by atoms with E-state index in [1.807, 2.05) is 37.3 Å². The number of primary amides is 1. The summed E-state index contributed by atoms with van der Waals surface area (Å²) < 4.78 is 4.36. The van der Waals surface area contributed by atoms with Crippen molar-refractivity contribution >= 4 is 30.7 Å². The number of carbonyl (C=O) groups is 1. The molecule has 1 aliphatic heterocycles. The Balaban J connectivity index is 2.47. The zero-order valence-electron chi connectivity index (χ0n) is 10.1. The van der Waals surface area contributed by atoms with E-state index in [9.17, 15) is 9.90 Å². The van der Waals surface area contributed by atoms with Gasteiger partial charge in [-0.15, -0.1) is 0 Å². The van der Waals surface area contributed by atoms with E-state index in [0.29, 0.717) is 5.57 Å². The molecule has 0 saturated carbocycles. The zero-order chi connectivity index (χ0) is 13.1. The van der Waals surface area contributed by atoms with E-state index in [1.54, 1.807) is 12.1 Å². The van der Waals surface area contributed by atoms with E-state index >= 15 is 0 Å². The van der Waals surface area contributed by atoms with Crippen molar-refractivity contribution in [2.75, 3.05) is 0 Å². The number of nitrogens with two attached hydrogens (primary N) is 1. The first-order chi connectivity index (χ1) is 8.63. The summed E-state index contributed by atoms with van der Waals surface area (Å²) in [5, 5.41) is 9.55. The summed E-state index contributed by atoms with van der Waals surface area (Å²) in [7, 11) is 0. The van der Waals surface area contributed by atoms with Gasteiger partial charge in [-0.3, -0.25) is 0 Å². The fourth-order valence-electron chi connectivity index (χ4n) is 2.17. The second kappa shape index (κ2) is 5.48. The number of amides is 1. The molecular weight excluding hydrogens is 329 g/mol. The van der Waals surface area contributed by atoms with Gasteiger partial charge < -0.3 is 0 Å². The quantitative estimate of drug-likeness (QED) is 0.864. The summed E-state index contributed by atoms with van der Waals surface area (Å²) >= 11 is -2.35. The molecule has 0 atom stereocenters. The molecule has 0 bridgehead atoms. The molecule has 0 saturated heterocycles. The van der Waals surface area contributed by atoms with Crippen LogP contribution in [0.15, 0.2) is 55.2 Å². The molecule has 1 aliphatic rings. The summed E-state index contributed by atoms with van der Waals surface area (Å²) in [5.41, 5.74) is 6.01. The maximum atomic E-state index is 11.4. The molecule has 0 radical (unpaired) electrons. The molecule has 3 N–H and O–H groups in total. The Bertz CT molecular complexity index is 573. The Kier molecular flexibility index (Phi) is 3.97. The van der Waals surface area contributed by atoms with Crippen LogP contribution in [0.2, 0.25) is 0 Å². The molecule has 2 rings (SSSR count). The van der Waals surface area contributed by atoms with E-state index < -0.39 is 21.4 Å². The van der Waals surface area contributed by atoms with Gasteiger partial charge in [0.1, 0.15) is 0 Å². The van der Waals surface area contributed by atoms with Crippen LogP contribution in [-0.4, -0.2) is 32.5 Å². The molecule has 4 heteroatoms. The minimum absolute atomic E-state index is 0.268. The van der Waals surface area contributed by atoms with Crippen LogP contribution in [0.5, 0.6) is 5.75 Å². The molecule has 1 aromatic rings. The number of carbonyl (C=O) groups excluding carboxylic acids is 1. The molecule has 0 fully saturated rings. The number of aromatic hydroxyl groups is 1. The fourth-order valence-corrected chi connectivity index (χ4v) is 10.2. The van der Waals surface area contributed by atoms with Crippen molar-refractivity contribution < 1.29 is 9.90 Å². The molecule has 0 unspecified atom stereocenters. The Labute approximate surface area is 114 Å². The standard InChI is InChI=1S/C8H9NO.C6H5O.In/c1-3-5-6-7(4-2)8(9)10;7-6-4-2-1-3-5-6;/h2-5H,1H3,(H2,9,10);1-2,4-5,7H;/b4-2?,5-3+,7-6?;;. The maximum absolute atomic E-state index is 11.4. The van der Waals surface area contributed by atoms with Gasteiger partial charge in [-0.05, 0) is 0 Å².